The van der Waals surface area contributed by atoms with E-state index >= 15 is 0 Å². The van der Waals surface area contributed by atoms with Gasteiger partial charge in [0, 0.05) is 22.7 Å². The molecule has 1 N–H and O–H groups in total. The van der Waals surface area contributed by atoms with Gasteiger partial charge in [0.1, 0.15) is 11.3 Å². The molecule has 2 heterocycles. The molecule has 8 aromatic rings. The highest BCUT2D eigenvalue weighted by Crippen LogP contribution is 2.42. The summed E-state index contributed by atoms with van der Waals surface area (Å²) in [6.45, 7) is 13.1. The Balaban J connectivity index is 1.38. The number of pyridine rings is 1. The lowest BCUT2D eigenvalue weighted by Gasteiger charge is -2.19. The Labute approximate surface area is 293 Å². The number of benzene rings is 6. The first-order valence-corrected chi connectivity index (χ1v) is 17.3. The summed E-state index contributed by atoms with van der Waals surface area (Å²) in [6, 6.07) is 40.2. The number of hydrogen-bond donors (Lipinski definition) is 1. The fourth-order valence-corrected chi connectivity index (χ4v) is 6.99. The standard InChI is InChI=1S/C46H40N2O2/c1-27(2)32-22-37-28(3)19-20-47-43(37)38(23-32)30-13-9-14-31(21-30)39-24-33(36-16-10-12-29-11-7-8-15-35(29)36)25-42-44(39)48-45(50-42)40-26-34(46(4,5)6)17-18-41(40)49/h7-27,49H,1-6H3. The van der Waals surface area contributed by atoms with E-state index < -0.39 is 0 Å². The van der Waals surface area contributed by atoms with Crippen LogP contribution in [0.2, 0.25) is 0 Å². The molecule has 246 valence electrons. The van der Waals surface area contributed by atoms with Crippen LogP contribution in [-0.2, 0) is 5.41 Å². The van der Waals surface area contributed by atoms with E-state index in [1.54, 1.807) is 6.07 Å². The van der Waals surface area contributed by atoms with Crippen LogP contribution in [0.3, 0.4) is 0 Å². The summed E-state index contributed by atoms with van der Waals surface area (Å²) < 4.78 is 6.59. The summed E-state index contributed by atoms with van der Waals surface area (Å²) in [5, 5.41) is 14.6. The number of aromatic nitrogens is 2. The molecule has 0 aliphatic carbocycles. The van der Waals surface area contributed by atoms with Crippen LogP contribution in [0.5, 0.6) is 5.75 Å². The van der Waals surface area contributed by atoms with E-state index in [-0.39, 0.29) is 11.2 Å². The largest absolute Gasteiger partial charge is 0.507 e. The number of phenolic OH excluding ortho intramolecular Hbond substituents is 1. The Kier molecular flexibility index (Phi) is 7.56. The topological polar surface area (TPSA) is 59.2 Å². The molecule has 4 nitrogen and oxygen atoms in total. The van der Waals surface area contributed by atoms with Crippen LogP contribution in [-0.4, -0.2) is 15.1 Å². The molecule has 50 heavy (non-hydrogen) atoms. The molecule has 0 aliphatic heterocycles. The molecule has 0 saturated carbocycles. The van der Waals surface area contributed by atoms with Gasteiger partial charge in [-0.3, -0.25) is 4.98 Å². The first kappa shape index (κ1) is 31.5. The lowest BCUT2D eigenvalue weighted by Crippen LogP contribution is -2.10. The third kappa shape index (κ3) is 5.51. The maximum atomic E-state index is 11.0. The fraction of sp³-hybridized carbons (Fsp3) is 0.174. The minimum atomic E-state index is -0.105. The van der Waals surface area contributed by atoms with Crippen molar-refractivity contribution in [3.8, 4) is 50.6 Å². The second-order valence-electron chi connectivity index (χ2n) is 14.7. The Morgan fingerprint density at radius 2 is 1.38 bits per heavy atom. The minimum absolute atomic E-state index is 0.105. The molecule has 0 spiro atoms. The number of phenols is 1. The number of oxazole rings is 1. The molecule has 6 aromatic carbocycles. The maximum Gasteiger partial charge on any atom is 0.231 e. The molecule has 0 radical (unpaired) electrons. The van der Waals surface area contributed by atoms with Crippen molar-refractivity contribution in [2.45, 2.75) is 52.9 Å². The van der Waals surface area contributed by atoms with Gasteiger partial charge in [-0.1, -0.05) is 101 Å². The summed E-state index contributed by atoms with van der Waals surface area (Å²) in [4.78, 5) is 9.97. The molecule has 0 amide bonds. The quantitative estimate of drug-likeness (QED) is 0.201. The Morgan fingerprint density at radius 3 is 2.16 bits per heavy atom. The monoisotopic (exact) mass is 652 g/mol. The van der Waals surface area contributed by atoms with E-state index in [9.17, 15) is 5.11 Å². The van der Waals surface area contributed by atoms with Gasteiger partial charge in [0.2, 0.25) is 5.89 Å². The van der Waals surface area contributed by atoms with Crippen molar-refractivity contribution in [3.63, 3.8) is 0 Å². The molecule has 4 heteroatoms. The fourth-order valence-electron chi connectivity index (χ4n) is 6.99. The number of fused-ring (bicyclic) bond motifs is 3. The van der Waals surface area contributed by atoms with Crippen molar-refractivity contribution in [2.75, 3.05) is 0 Å². The zero-order chi connectivity index (χ0) is 34.7. The first-order chi connectivity index (χ1) is 24.0. The van der Waals surface area contributed by atoms with Gasteiger partial charge in [0.25, 0.3) is 0 Å². The molecule has 8 rings (SSSR count). The van der Waals surface area contributed by atoms with Crippen molar-refractivity contribution >= 4 is 32.8 Å². The average Bonchev–Trinajstić information content (AvgIpc) is 3.54. The number of aromatic hydroxyl groups is 1. The van der Waals surface area contributed by atoms with Crippen LogP contribution in [0.4, 0.5) is 0 Å². The van der Waals surface area contributed by atoms with Gasteiger partial charge >= 0.3 is 0 Å². The predicted molar refractivity (Wildman–Crippen MR) is 208 cm³/mol. The molecule has 0 unspecified atom stereocenters. The molecule has 0 saturated heterocycles. The first-order valence-electron chi connectivity index (χ1n) is 17.3. The van der Waals surface area contributed by atoms with Gasteiger partial charge < -0.3 is 9.52 Å². The van der Waals surface area contributed by atoms with E-state index in [1.165, 1.54) is 27.3 Å². The van der Waals surface area contributed by atoms with Crippen molar-refractivity contribution in [1.82, 2.24) is 9.97 Å². The highest BCUT2D eigenvalue weighted by Gasteiger charge is 2.22. The van der Waals surface area contributed by atoms with Gasteiger partial charge in [-0.25, -0.2) is 4.98 Å². The molecule has 0 atom stereocenters. The molecular formula is C46H40N2O2. The van der Waals surface area contributed by atoms with Crippen molar-refractivity contribution in [3.05, 3.63) is 138 Å². The summed E-state index contributed by atoms with van der Waals surface area (Å²) in [7, 11) is 0. The Bertz CT molecular complexity index is 2580. The lowest BCUT2D eigenvalue weighted by atomic mass is 9.86. The van der Waals surface area contributed by atoms with Crippen molar-refractivity contribution in [1.29, 1.82) is 0 Å². The normalized spacial score (nSPS) is 12.1. The summed E-state index contributed by atoms with van der Waals surface area (Å²) in [5.74, 6) is 0.910. The van der Waals surface area contributed by atoms with Gasteiger partial charge in [0.15, 0.2) is 5.58 Å². The number of aryl methyl sites for hydroxylation is 1. The van der Waals surface area contributed by atoms with Gasteiger partial charge in [-0.05, 0) is 117 Å². The van der Waals surface area contributed by atoms with E-state index in [2.05, 4.69) is 139 Å². The zero-order valence-corrected chi connectivity index (χ0v) is 29.4. The minimum Gasteiger partial charge on any atom is -0.507 e. The number of nitrogens with zero attached hydrogens (tertiary/aromatic N) is 2. The van der Waals surface area contributed by atoms with Gasteiger partial charge in [0.05, 0.1) is 11.1 Å². The van der Waals surface area contributed by atoms with Crippen molar-refractivity contribution in [2.24, 2.45) is 0 Å². The summed E-state index contributed by atoms with van der Waals surface area (Å²) >= 11 is 0. The third-order valence-corrected chi connectivity index (χ3v) is 9.93. The van der Waals surface area contributed by atoms with Crippen molar-refractivity contribution < 1.29 is 9.52 Å². The van der Waals surface area contributed by atoms with E-state index in [0.29, 0.717) is 23.0 Å². The molecule has 2 aromatic heterocycles. The van der Waals surface area contributed by atoms with Crippen LogP contribution in [0, 0.1) is 6.92 Å². The maximum absolute atomic E-state index is 11.0. The lowest BCUT2D eigenvalue weighted by molar-refractivity contribution is 0.473. The molecular weight excluding hydrogens is 613 g/mol. The summed E-state index contributed by atoms with van der Waals surface area (Å²) in [5.41, 5.74) is 12.8. The van der Waals surface area contributed by atoms with Crippen LogP contribution < -0.4 is 0 Å². The molecule has 0 fully saturated rings. The van der Waals surface area contributed by atoms with Gasteiger partial charge in [-0.15, -0.1) is 0 Å². The Hall–Kier alpha value is -5.74. The average molecular weight is 653 g/mol. The smallest absolute Gasteiger partial charge is 0.231 e. The van der Waals surface area contributed by atoms with E-state index in [1.807, 2.05) is 18.3 Å². The van der Waals surface area contributed by atoms with E-state index in [0.717, 1.165) is 50.0 Å². The molecule has 0 aliphatic rings. The predicted octanol–water partition coefficient (Wildman–Crippen LogP) is 12.6. The van der Waals surface area contributed by atoms with Gasteiger partial charge in [-0.2, -0.15) is 0 Å². The van der Waals surface area contributed by atoms with E-state index in [4.69, 9.17) is 14.4 Å². The SMILES string of the molecule is Cc1ccnc2c(-c3cccc(-c4cc(-c5cccc6ccccc56)cc5oc(-c6cc(C(C)(C)C)ccc6O)nc45)c3)cc(C(C)C)cc12. The summed E-state index contributed by atoms with van der Waals surface area (Å²) in [6.07, 6.45) is 1.90. The van der Waals surface area contributed by atoms with Crippen LogP contribution in [0.1, 0.15) is 57.2 Å². The highest BCUT2D eigenvalue weighted by atomic mass is 16.3. The van der Waals surface area contributed by atoms with Crippen LogP contribution >= 0.6 is 0 Å². The molecule has 0 bridgehead atoms. The third-order valence-electron chi connectivity index (χ3n) is 9.93. The second kappa shape index (κ2) is 12.0. The van der Waals surface area contributed by atoms with Crippen LogP contribution in [0.25, 0.3) is 77.6 Å². The highest BCUT2D eigenvalue weighted by molar-refractivity contribution is 6.03. The Morgan fingerprint density at radius 1 is 0.640 bits per heavy atom. The zero-order valence-electron chi connectivity index (χ0n) is 29.4. The number of hydrogen-bond acceptors (Lipinski definition) is 4. The number of rotatable bonds is 5. The van der Waals surface area contributed by atoms with Crippen LogP contribution in [0.15, 0.2) is 126 Å². The second-order valence-corrected chi connectivity index (χ2v) is 14.7.